The molecule has 4 nitrogen and oxygen atoms in total. The zero-order valence-corrected chi connectivity index (χ0v) is 10.2. The third kappa shape index (κ3) is 2.74. The summed E-state index contributed by atoms with van der Waals surface area (Å²) in [6, 6.07) is 0.0490. The molecule has 0 radical (unpaired) electrons. The SMILES string of the molecule is CCCC(C)C(=O)NC1CC(C)(C(=O)O)C1. The van der Waals surface area contributed by atoms with Gasteiger partial charge in [0.1, 0.15) is 0 Å². The normalized spacial score (nSPS) is 30.3. The van der Waals surface area contributed by atoms with Gasteiger partial charge in [-0.3, -0.25) is 9.59 Å². The molecule has 1 rings (SSSR count). The Kier molecular flexibility index (Phi) is 3.94. The first-order valence-electron chi connectivity index (χ1n) is 5.93. The molecule has 1 amide bonds. The minimum atomic E-state index is -0.764. The highest BCUT2D eigenvalue weighted by Gasteiger charge is 2.47. The molecule has 1 aliphatic carbocycles. The second kappa shape index (κ2) is 4.85. The highest BCUT2D eigenvalue weighted by Crippen LogP contribution is 2.40. The van der Waals surface area contributed by atoms with Crippen molar-refractivity contribution in [3.8, 4) is 0 Å². The van der Waals surface area contributed by atoms with E-state index in [2.05, 4.69) is 12.2 Å². The number of hydrogen-bond donors (Lipinski definition) is 2. The fraction of sp³-hybridized carbons (Fsp3) is 0.833. The van der Waals surface area contributed by atoms with E-state index in [-0.39, 0.29) is 17.9 Å². The summed E-state index contributed by atoms with van der Waals surface area (Å²) in [5, 5.41) is 11.8. The molecule has 0 spiro atoms. The molecule has 1 aliphatic rings. The van der Waals surface area contributed by atoms with Gasteiger partial charge in [0, 0.05) is 12.0 Å². The molecule has 0 aliphatic heterocycles. The highest BCUT2D eigenvalue weighted by molar-refractivity contribution is 5.80. The van der Waals surface area contributed by atoms with Crippen molar-refractivity contribution in [3.05, 3.63) is 0 Å². The van der Waals surface area contributed by atoms with Crippen LogP contribution in [0.1, 0.15) is 46.5 Å². The number of aliphatic carboxylic acids is 1. The molecule has 2 N–H and O–H groups in total. The van der Waals surface area contributed by atoms with Crippen LogP contribution in [0.5, 0.6) is 0 Å². The second-order valence-corrected chi connectivity index (χ2v) is 5.17. The third-order valence-corrected chi connectivity index (χ3v) is 3.43. The minimum Gasteiger partial charge on any atom is -0.481 e. The van der Waals surface area contributed by atoms with Crippen LogP contribution in [-0.4, -0.2) is 23.0 Å². The van der Waals surface area contributed by atoms with Gasteiger partial charge in [0.05, 0.1) is 5.41 Å². The van der Waals surface area contributed by atoms with Crippen molar-refractivity contribution in [2.24, 2.45) is 11.3 Å². The summed E-state index contributed by atoms with van der Waals surface area (Å²) >= 11 is 0. The number of carbonyl (C=O) groups excluding carboxylic acids is 1. The maximum Gasteiger partial charge on any atom is 0.309 e. The van der Waals surface area contributed by atoms with Crippen LogP contribution in [-0.2, 0) is 9.59 Å². The monoisotopic (exact) mass is 227 g/mol. The summed E-state index contributed by atoms with van der Waals surface area (Å²) in [6.45, 7) is 5.69. The fourth-order valence-corrected chi connectivity index (χ4v) is 2.21. The van der Waals surface area contributed by atoms with E-state index in [1.807, 2.05) is 6.92 Å². The summed E-state index contributed by atoms with van der Waals surface area (Å²) in [6.07, 6.45) is 2.97. The van der Waals surface area contributed by atoms with Gasteiger partial charge in [-0.1, -0.05) is 20.3 Å². The molecule has 0 aromatic rings. The van der Waals surface area contributed by atoms with E-state index >= 15 is 0 Å². The lowest BCUT2D eigenvalue weighted by Gasteiger charge is -2.42. The van der Waals surface area contributed by atoms with Gasteiger partial charge in [0.25, 0.3) is 0 Å². The van der Waals surface area contributed by atoms with Crippen molar-refractivity contribution in [3.63, 3.8) is 0 Å². The summed E-state index contributed by atoms with van der Waals surface area (Å²) < 4.78 is 0. The zero-order valence-electron chi connectivity index (χ0n) is 10.2. The molecule has 0 aromatic carbocycles. The largest absolute Gasteiger partial charge is 0.481 e. The Morgan fingerprint density at radius 3 is 2.50 bits per heavy atom. The summed E-state index contributed by atoms with van der Waals surface area (Å²) in [5.41, 5.74) is -0.633. The quantitative estimate of drug-likeness (QED) is 0.752. The zero-order chi connectivity index (χ0) is 12.3. The van der Waals surface area contributed by atoms with E-state index in [1.54, 1.807) is 6.92 Å². The molecule has 92 valence electrons. The maximum atomic E-state index is 11.7. The minimum absolute atomic E-state index is 0.0293. The van der Waals surface area contributed by atoms with E-state index < -0.39 is 11.4 Å². The molecular weight excluding hydrogens is 206 g/mol. The smallest absolute Gasteiger partial charge is 0.309 e. The first-order chi connectivity index (χ1) is 7.39. The number of carbonyl (C=O) groups is 2. The van der Waals surface area contributed by atoms with Gasteiger partial charge in [-0.25, -0.2) is 0 Å². The first-order valence-corrected chi connectivity index (χ1v) is 5.93. The molecule has 1 fully saturated rings. The van der Waals surface area contributed by atoms with Crippen LogP contribution in [0, 0.1) is 11.3 Å². The van der Waals surface area contributed by atoms with E-state index in [0.717, 1.165) is 12.8 Å². The Balaban J connectivity index is 2.32. The van der Waals surface area contributed by atoms with Gasteiger partial charge in [-0.15, -0.1) is 0 Å². The van der Waals surface area contributed by atoms with Crippen LogP contribution in [0.15, 0.2) is 0 Å². The fourth-order valence-electron chi connectivity index (χ4n) is 2.21. The molecule has 0 heterocycles. The number of carboxylic acids is 1. The third-order valence-electron chi connectivity index (χ3n) is 3.43. The topological polar surface area (TPSA) is 66.4 Å². The lowest BCUT2D eigenvalue weighted by molar-refractivity contribution is -0.155. The molecule has 0 saturated heterocycles. The Hall–Kier alpha value is -1.06. The predicted molar refractivity (Wildman–Crippen MR) is 61.0 cm³/mol. The molecule has 16 heavy (non-hydrogen) atoms. The Morgan fingerprint density at radius 1 is 1.50 bits per heavy atom. The second-order valence-electron chi connectivity index (χ2n) is 5.17. The Bertz CT molecular complexity index is 282. The molecular formula is C12H21NO3. The number of nitrogens with one attached hydrogen (secondary N) is 1. The van der Waals surface area contributed by atoms with Crippen LogP contribution in [0.3, 0.4) is 0 Å². The van der Waals surface area contributed by atoms with Gasteiger partial charge in [-0.2, -0.15) is 0 Å². The van der Waals surface area contributed by atoms with Crippen molar-refractivity contribution in [1.82, 2.24) is 5.32 Å². The predicted octanol–water partition coefficient (Wildman–Crippen LogP) is 1.79. The maximum absolute atomic E-state index is 11.7. The molecule has 1 unspecified atom stereocenters. The van der Waals surface area contributed by atoms with Crippen LogP contribution in [0.25, 0.3) is 0 Å². The van der Waals surface area contributed by atoms with Crippen LogP contribution >= 0.6 is 0 Å². The van der Waals surface area contributed by atoms with Gasteiger partial charge in [0.15, 0.2) is 0 Å². The van der Waals surface area contributed by atoms with Crippen molar-refractivity contribution < 1.29 is 14.7 Å². The van der Waals surface area contributed by atoms with Crippen LogP contribution < -0.4 is 5.32 Å². The van der Waals surface area contributed by atoms with Crippen molar-refractivity contribution >= 4 is 11.9 Å². The molecule has 1 saturated carbocycles. The number of amides is 1. The Labute approximate surface area is 96.4 Å². The summed E-state index contributed by atoms with van der Waals surface area (Å²) in [4.78, 5) is 22.5. The summed E-state index contributed by atoms with van der Waals surface area (Å²) in [7, 11) is 0. The Morgan fingerprint density at radius 2 is 2.06 bits per heavy atom. The standard InChI is InChI=1S/C12H21NO3/c1-4-5-8(2)10(14)13-9-6-12(3,7-9)11(15)16/h8-9H,4-7H2,1-3H3,(H,13,14)(H,15,16). The van der Waals surface area contributed by atoms with Gasteiger partial charge >= 0.3 is 5.97 Å². The lowest BCUT2D eigenvalue weighted by atomic mass is 9.67. The first kappa shape index (κ1) is 13.0. The number of rotatable bonds is 5. The van der Waals surface area contributed by atoms with E-state index in [9.17, 15) is 9.59 Å². The average Bonchev–Trinajstić information content (AvgIpc) is 2.15. The van der Waals surface area contributed by atoms with E-state index in [4.69, 9.17) is 5.11 Å². The van der Waals surface area contributed by atoms with Crippen molar-refractivity contribution in [2.75, 3.05) is 0 Å². The molecule has 0 bridgehead atoms. The molecule has 1 atom stereocenters. The van der Waals surface area contributed by atoms with Crippen molar-refractivity contribution in [1.29, 1.82) is 0 Å². The summed E-state index contributed by atoms with van der Waals surface area (Å²) in [5.74, 6) is -0.680. The number of carboxylic acid groups (broad SMARTS) is 1. The molecule has 0 aromatic heterocycles. The highest BCUT2D eigenvalue weighted by atomic mass is 16.4. The van der Waals surface area contributed by atoms with Gasteiger partial charge in [0.2, 0.25) is 5.91 Å². The lowest BCUT2D eigenvalue weighted by Crippen LogP contribution is -2.53. The van der Waals surface area contributed by atoms with Crippen LogP contribution in [0.4, 0.5) is 0 Å². The molecule has 4 heteroatoms. The van der Waals surface area contributed by atoms with Gasteiger partial charge < -0.3 is 10.4 Å². The van der Waals surface area contributed by atoms with E-state index in [0.29, 0.717) is 12.8 Å². The van der Waals surface area contributed by atoms with Crippen molar-refractivity contribution in [2.45, 2.75) is 52.5 Å². The average molecular weight is 227 g/mol. The van der Waals surface area contributed by atoms with Gasteiger partial charge in [-0.05, 0) is 26.2 Å². The van der Waals surface area contributed by atoms with Crippen LogP contribution in [0.2, 0.25) is 0 Å². The number of hydrogen-bond acceptors (Lipinski definition) is 2. The van der Waals surface area contributed by atoms with E-state index in [1.165, 1.54) is 0 Å².